The largest absolute Gasteiger partial charge is 0.498 e. The standard InChI is InChI=1S/2C26H15F6O.C2H6Si.2ClH.Zr/c2*1-14-6-7-15-8-18(24-21-5-3-2-4-16(21)13-33-24)11-22(15)23(14)17-9-19(25(27,28)29)12-20(10-17)26(30,31)32;1-3-2;;;/h2*2-13H,1H3;1-2H3;2*1H;/q2*-1;;;;+2/p-2. The van der Waals surface area contributed by atoms with Gasteiger partial charge in [0.2, 0.25) is 0 Å². The van der Waals surface area contributed by atoms with Crippen molar-refractivity contribution in [3.8, 4) is 44.9 Å². The molecule has 10 rings (SSSR count). The van der Waals surface area contributed by atoms with Gasteiger partial charge in [0.25, 0.3) is 0 Å². The number of hydrogen-bond donors (Lipinski definition) is 0. The van der Waals surface area contributed by atoms with Crippen molar-refractivity contribution in [2.75, 3.05) is 0 Å². The molecular weight excluding hydrogens is 1100 g/mol. The van der Waals surface area contributed by atoms with Crippen molar-refractivity contribution in [3.63, 3.8) is 0 Å². The Hall–Kier alpha value is -5.54. The predicted octanol–water partition coefficient (Wildman–Crippen LogP) is 20.1. The van der Waals surface area contributed by atoms with Gasteiger partial charge in [0, 0.05) is 10.8 Å². The summed E-state index contributed by atoms with van der Waals surface area (Å²) in [5.41, 5.74) is -2.69. The third-order valence-corrected chi connectivity index (χ3v) is 31.6. The van der Waals surface area contributed by atoms with Gasteiger partial charge in [-0.3, -0.25) is 0 Å². The molecule has 0 saturated carbocycles. The van der Waals surface area contributed by atoms with E-state index in [1.165, 1.54) is 0 Å². The topological polar surface area (TPSA) is 26.3 Å². The molecule has 2 nitrogen and oxygen atoms in total. The average Bonchev–Trinajstić information content (AvgIpc) is 4.13. The molecule has 0 bridgehead atoms. The van der Waals surface area contributed by atoms with E-state index in [2.05, 4.69) is 13.1 Å². The molecule has 0 atom stereocenters. The molecule has 0 radical (unpaired) electrons. The molecule has 0 unspecified atom stereocenters. The minimum absolute atomic E-state index is 0.137. The zero-order chi connectivity index (χ0) is 52.2. The number of fused-ring (bicyclic) bond motifs is 4. The van der Waals surface area contributed by atoms with Gasteiger partial charge in [-0.25, -0.2) is 0 Å². The molecule has 72 heavy (non-hydrogen) atoms. The average molecular weight is 1140 g/mol. The van der Waals surface area contributed by atoms with Crippen LogP contribution in [0.1, 0.15) is 33.4 Å². The number of furan rings is 2. The summed E-state index contributed by atoms with van der Waals surface area (Å²) in [4.78, 5) is 0. The normalized spacial score (nSPS) is 12.3. The number of aryl methyl sites for hydroxylation is 2. The second-order valence-corrected chi connectivity index (χ2v) is 40.1. The Morgan fingerprint density at radius 1 is 0.444 bits per heavy atom. The van der Waals surface area contributed by atoms with Crippen molar-refractivity contribution in [1.29, 1.82) is 0 Å². The molecule has 0 aliphatic carbocycles. The maximum Gasteiger partial charge on any atom is 0.416 e. The van der Waals surface area contributed by atoms with Crippen LogP contribution in [-0.2, 0) is 42.7 Å². The van der Waals surface area contributed by atoms with E-state index < -0.39 is 64.9 Å². The Bertz CT molecular complexity index is 3370. The van der Waals surface area contributed by atoms with Gasteiger partial charge in [0.15, 0.2) is 0 Å². The molecule has 10 aromatic rings. The van der Waals surface area contributed by atoms with E-state index in [4.69, 9.17) is 25.9 Å². The Labute approximate surface area is 418 Å². The summed E-state index contributed by atoms with van der Waals surface area (Å²) in [6.07, 6.45) is -16.4. The van der Waals surface area contributed by atoms with Gasteiger partial charge in [-0.1, -0.05) is 82.9 Å². The maximum absolute atomic E-state index is 13.4. The molecular formula is C54H36Cl2F12O2SiZr-2. The molecule has 0 fully saturated rings. The second-order valence-electron chi connectivity index (χ2n) is 17.2. The van der Waals surface area contributed by atoms with Crippen molar-refractivity contribution in [2.24, 2.45) is 0 Å². The van der Waals surface area contributed by atoms with Crippen LogP contribution in [0.3, 0.4) is 0 Å². The number of alkyl halides is 12. The molecule has 0 amide bonds. The van der Waals surface area contributed by atoms with Gasteiger partial charge >= 0.3 is 78.2 Å². The zero-order valence-electron chi connectivity index (χ0n) is 38.0. The molecule has 0 aliphatic heterocycles. The van der Waals surface area contributed by atoms with Crippen molar-refractivity contribution in [1.82, 2.24) is 0 Å². The summed E-state index contributed by atoms with van der Waals surface area (Å²) in [5.74, 6) is 1.18. The molecule has 0 N–H and O–H groups in total. The first-order valence-electron chi connectivity index (χ1n) is 21.6. The summed E-state index contributed by atoms with van der Waals surface area (Å²) < 4.78 is 173. The predicted molar refractivity (Wildman–Crippen MR) is 259 cm³/mol. The van der Waals surface area contributed by atoms with Gasteiger partial charge in [-0.2, -0.15) is 52.7 Å². The van der Waals surface area contributed by atoms with Crippen LogP contribution in [0.2, 0.25) is 13.1 Å². The minimum atomic E-state index is -4.91. The van der Waals surface area contributed by atoms with Crippen LogP contribution in [-0.4, -0.2) is 5.43 Å². The van der Waals surface area contributed by atoms with E-state index in [1.807, 2.05) is 60.7 Å². The van der Waals surface area contributed by atoms with Crippen LogP contribution in [0.5, 0.6) is 0 Å². The Kier molecular flexibility index (Phi) is 14.7. The van der Waals surface area contributed by atoms with Crippen molar-refractivity contribution in [3.05, 3.63) is 179 Å². The first-order chi connectivity index (χ1) is 33.7. The molecule has 0 aliphatic rings. The van der Waals surface area contributed by atoms with Gasteiger partial charge < -0.3 is 8.83 Å². The molecule has 372 valence electrons. The Balaban J connectivity index is 0.000000173. The van der Waals surface area contributed by atoms with Crippen LogP contribution in [0.25, 0.3) is 88.0 Å². The van der Waals surface area contributed by atoms with E-state index in [0.29, 0.717) is 66.4 Å². The third kappa shape index (κ3) is 11.2. The molecule has 2 heterocycles. The summed E-state index contributed by atoms with van der Waals surface area (Å²) in [6.45, 7) is 7.66. The van der Waals surface area contributed by atoms with Gasteiger partial charge in [0.1, 0.15) is 0 Å². The van der Waals surface area contributed by atoms with Crippen molar-refractivity contribution < 1.29 is 79.5 Å². The van der Waals surface area contributed by atoms with E-state index >= 15 is 0 Å². The van der Waals surface area contributed by atoms with Crippen molar-refractivity contribution >= 4 is 65.5 Å². The first-order valence-corrected chi connectivity index (χ1v) is 34.1. The van der Waals surface area contributed by atoms with Crippen LogP contribution in [0.15, 0.2) is 155 Å². The monoisotopic (exact) mass is 1130 g/mol. The van der Waals surface area contributed by atoms with E-state index in [1.54, 1.807) is 62.8 Å². The fourth-order valence-corrected chi connectivity index (χ4v) is 8.44. The maximum atomic E-state index is 13.4. The summed E-state index contributed by atoms with van der Waals surface area (Å²) >= 11 is -1.65. The molecule has 8 aromatic carbocycles. The van der Waals surface area contributed by atoms with Crippen molar-refractivity contribution in [2.45, 2.75) is 51.6 Å². The number of hydrogen-bond acceptors (Lipinski definition) is 2. The van der Waals surface area contributed by atoms with Crippen LogP contribution in [0, 0.1) is 13.8 Å². The fraction of sp³-hybridized carbons (Fsp3) is 0.148. The van der Waals surface area contributed by atoms with E-state index in [0.717, 1.165) is 45.8 Å². The minimum Gasteiger partial charge on any atom is -0.498 e. The smallest absolute Gasteiger partial charge is 0.416 e. The fourth-order valence-electron chi connectivity index (χ4n) is 8.44. The van der Waals surface area contributed by atoms with Crippen LogP contribution >= 0.6 is 17.0 Å². The van der Waals surface area contributed by atoms with E-state index in [9.17, 15) is 52.7 Å². The number of benzene rings is 6. The van der Waals surface area contributed by atoms with Crippen LogP contribution in [0.4, 0.5) is 52.7 Å². The van der Waals surface area contributed by atoms with Gasteiger partial charge in [0.05, 0.1) is 46.3 Å². The second kappa shape index (κ2) is 20.1. The first kappa shape index (κ1) is 52.8. The summed E-state index contributed by atoms with van der Waals surface area (Å²) in [7, 11) is 11.2. The molecule has 2 aromatic heterocycles. The van der Waals surface area contributed by atoms with E-state index in [-0.39, 0.29) is 28.7 Å². The quantitative estimate of drug-likeness (QED) is 0.0997. The SMILES string of the molecule is C[Si](C)=[Zr]([Cl])[Cl].Cc1ccc2[cH-]c(-c3occ4ccccc34)cc2c1-c1cc(C(F)(F)F)cc(C(F)(F)F)c1.Cc1ccc2[cH-]c(-c3occ4ccccc34)cc2c1-c1cc(C(F)(F)F)cc(C(F)(F)F)c1. The summed E-state index contributed by atoms with van der Waals surface area (Å²) in [5, 5.41) is 6.00. The number of rotatable bonds is 4. The number of halogens is 14. The Morgan fingerprint density at radius 3 is 1.07 bits per heavy atom. The zero-order valence-corrected chi connectivity index (χ0v) is 42.9. The summed E-state index contributed by atoms with van der Waals surface area (Å²) in [6, 6.07) is 32.5. The van der Waals surface area contributed by atoms with Gasteiger partial charge in [-0.15, -0.1) is 57.9 Å². The molecule has 0 spiro atoms. The van der Waals surface area contributed by atoms with Crippen LogP contribution < -0.4 is 0 Å². The molecule has 18 heteroatoms. The molecule has 0 saturated heterocycles. The van der Waals surface area contributed by atoms with Gasteiger partial charge in [-0.05, 0) is 83.3 Å². The third-order valence-electron chi connectivity index (χ3n) is 11.9. The Morgan fingerprint density at radius 2 is 0.764 bits per heavy atom.